The van der Waals surface area contributed by atoms with E-state index in [9.17, 15) is 9.90 Å². The summed E-state index contributed by atoms with van der Waals surface area (Å²) in [4.78, 5) is 13.1. The van der Waals surface area contributed by atoms with Gasteiger partial charge in [-0.3, -0.25) is 9.48 Å². The van der Waals surface area contributed by atoms with Gasteiger partial charge in [-0.05, 0) is 29.3 Å². The smallest absolute Gasteiger partial charge is 0.228 e. The number of carbonyl (C=O) groups is 1. The van der Waals surface area contributed by atoms with Crippen LogP contribution in [0.5, 0.6) is 5.75 Å². The Hall–Kier alpha value is -3.60. The number of rotatable bonds is 5. The molecule has 5 nitrogen and oxygen atoms in total. The summed E-state index contributed by atoms with van der Waals surface area (Å²) in [6.45, 7) is 1.86. The van der Waals surface area contributed by atoms with Crippen LogP contribution in [-0.2, 0) is 11.8 Å². The van der Waals surface area contributed by atoms with Gasteiger partial charge >= 0.3 is 0 Å². The highest BCUT2D eigenvalue weighted by Crippen LogP contribution is 2.36. The summed E-state index contributed by atoms with van der Waals surface area (Å²) in [7, 11) is 1.83. The lowest BCUT2D eigenvalue weighted by molar-refractivity contribution is -0.122. The first kappa shape index (κ1) is 18.7. The van der Waals surface area contributed by atoms with Crippen LogP contribution in [0.25, 0.3) is 10.8 Å². The Bertz CT molecular complexity index is 1150. The molecule has 0 bridgehead atoms. The van der Waals surface area contributed by atoms with Gasteiger partial charge in [-0.15, -0.1) is 0 Å². The van der Waals surface area contributed by atoms with Gasteiger partial charge in [0.15, 0.2) is 0 Å². The van der Waals surface area contributed by atoms with Gasteiger partial charge < -0.3 is 10.4 Å². The number of benzene rings is 3. The number of amides is 1. The van der Waals surface area contributed by atoms with Crippen molar-refractivity contribution >= 4 is 16.7 Å². The van der Waals surface area contributed by atoms with E-state index in [2.05, 4.69) is 10.4 Å². The molecule has 5 heteroatoms. The maximum Gasteiger partial charge on any atom is 0.228 e. The summed E-state index contributed by atoms with van der Waals surface area (Å²) < 4.78 is 1.68. The molecular formula is C24H23N3O2. The lowest BCUT2D eigenvalue weighted by atomic mass is 9.92. The van der Waals surface area contributed by atoms with Crippen LogP contribution in [-0.4, -0.2) is 20.8 Å². The van der Waals surface area contributed by atoms with Gasteiger partial charge in [-0.2, -0.15) is 5.10 Å². The Morgan fingerprint density at radius 2 is 1.72 bits per heavy atom. The number of fused-ring (bicyclic) bond motifs is 1. The number of aryl methyl sites for hydroxylation is 1. The molecule has 0 aliphatic carbocycles. The first-order chi connectivity index (χ1) is 14.0. The third-order valence-corrected chi connectivity index (χ3v) is 5.27. The fraction of sp³-hybridized carbons (Fsp3) is 0.167. The van der Waals surface area contributed by atoms with Crippen molar-refractivity contribution in [2.45, 2.75) is 18.9 Å². The van der Waals surface area contributed by atoms with E-state index in [4.69, 9.17) is 0 Å². The Kier molecular flexibility index (Phi) is 5.04. The first-order valence-corrected chi connectivity index (χ1v) is 9.59. The summed E-state index contributed by atoms with van der Waals surface area (Å²) in [5.74, 6) is -0.335. The van der Waals surface area contributed by atoms with Crippen molar-refractivity contribution in [1.29, 1.82) is 0 Å². The molecule has 0 aliphatic heterocycles. The van der Waals surface area contributed by atoms with Crippen molar-refractivity contribution in [3.8, 4) is 5.75 Å². The molecule has 2 unspecified atom stereocenters. The molecule has 4 aromatic rings. The fourth-order valence-electron chi connectivity index (χ4n) is 3.64. The van der Waals surface area contributed by atoms with E-state index < -0.39 is 6.04 Å². The number of aromatic hydroxyl groups is 1. The van der Waals surface area contributed by atoms with Gasteiger partial charge in [0, 0.05) is 24.4 Å². The Morgan fingerprint density at radius 1 is 1.00 bits per heavy atom. The first-order valence-electron chi connectivity index (χ1n) is 9.59. The number of hydrogen-bond acceptors (Lipinski definition) is 3. The highest BCUT2D eigenvalue weighted by molar-refractivity contribution is 5.90. The van der Waals surface area contributed by atoms with Crippen molar-refractivity contribution in [2.24, 2.45) is 7.05 Å². The van der Waals surface area contributed by atoms with E-state index >= 15 is 0 Å². The van der Waals surface area contributed by atoms with Crippen molar-refractivity contribution in [3.63, 3.8) is 0 Å². The zero-order chi connectivity index (χ0) is 20.4. The third kappa shape index (κ3) is 3.72. The summed E-state index contributed by atoms with van der Waals surface area (Å²) >= 11 is 0. The Balaban J connectivity index is 1.78. The molecule has 0 aliphatic rings. The third-order valence-electron chi connectivity index (χ3n) is 5.27. The van der Waals surface area contributed by atoms with Crippen molar-refractivity contribution in [1.82, 2.24) is 15.1 Å². The summed E-state index contributed by atoms with van der Waals surface area (Å²) in [5.41, 5.74) is 2.45. The van der Waals surface area contributed by atoms with Crippen LogP contribution in [0.1, 0.15) is 35.6 Å². The van der Waals surface area contributed by atoms with Gasteiger partial charge in [0.1, 0.15) is 5.75 Å². The van der Waals surface area contributed by atoms with Crippen molar-refractivity contribution < 1.29 is 9.90 Å². The lowest BCUT2D eigenvalue weighted by Gasteiger charge is -2.24. The average Bonchev–Trinajstić information content (AvgIpc) is 3.18. The predicted molar refractivity (Wildman–Crippen MR) is 114 cm³/mol. The largest absolute Gasteiger partial charge is 0.508 e. The number of nitrogens with zero attached hydrogens (tertiary/aromatic N) is 2. The second-order valence-corrected chi connectivity index (χ2v) is 7.24. The second kappa shape index (κ2) is 7.80. The van der Waals surface area contributed by atoms with Gasteiger partial charge in [0.05, 0.1) is 18.2 Å². The molecule has 0 spiro atoms. The zero-order valence-electron chi connectivity index (χ0n) is 16.4. The van der Waals surface area contributed by atoms with Gasteiger partial charge in [-0.1, -0.05) is 60.7 Å². The van der Waals surface area contributed by atoms with Crippen LogP contribution in [0.15, 0.2) is 79.1 Å². The summed E-state index contributed by atoms with van der Waals surface area (Å²) in [5, 5.41) is 20.0. The highest BCUT2D eigenvalue weighted by atomic mass is 16.3. The predicted octanol–water partition coefficient (Wildman–Crippen LogP) is 4.29. The van der Waals surface area contributed by atoms with Crippen molar-refractivity contribution in [3.05, 3.63) is 95.8 Å². The fourth-order valence-corrected chi connectivity index (χ4v) is 3.64. The lowest BCUT2D eigenvalue weighted by Crippen LogP contribution is -2.32. The highest BCUT2D eigenvalue weighted by Gasteiger charge is 2.25. The standard InChI is InChI=1S/C24H23N3O2/c1-16(19-14-25-27(2)15-19)24(29)26-23(18-9-4-3-5-10-18)22-20-11-7-6-8-17(20)12-13-21(22)28/h3-16,23,28H,1-2H3,(H,26,29). The van der Waals surface area contributed by atoms with Crippen LogP contribution in [0.3, 0.4) is 0 Å². The van der Waals surface area contributed by atoms with E-state index in [1.807, 2.05) is 80.8 Å². The number of nitrogens with one attached hydrogen (secondary N) is 1. The number of phenols is 1. The molecule has 1 amide bonds. The van der Waals surface area contributed by atoms with Gasteiger partial charge in [0.2, 0.25) is 5.91 Å². The molecule has 0 saturated heterocycles. The topological polar surface area (TPSA) is 67.2 Å². The average molecular weight is 385 g/mol. The summed E-state index contributed by atoms with van der Waals surface area (Å²) in [6, 6.07) is 20.7. The van der Waals surface area contributed by atoms with E-state index in [0.717, 1.165) is 21.9 Å². The Labute approximate surface area is 169 Å². The minimum atomic E-state index is -0.478. The van der Waals surface area contributed by atoms with Crippen LogP contribution >= 0.6 is 0 Å². The second-order valence-electron chi connectivity index (χ2n) is 7.24. The maximum absolute atomic E-state index is 13.1. The molecule has 0 radical (unpaired) electrons. The van der Waals surface area contributed by atoms with E-state index in [1.54, 1.807) is 16.9 Å². The molecule has 2 N–H and O–H groups in total. The number of carbonyl (C=O) groups excluding carboxylic acids is 1. The molecule has 1 aromatic heterocycles. The number of hydrogen-bond donors (Lipinski definition) is 2. The number of aromatic nitrogens is 2. The molecule has 0 saturated carbocycles. The molecule has 2 atom stereocenters. The monoisotopic (exact) mass is 385 g/mol. The van der Waals surface area contributed by atoms with Crippen LogP contribution < -0.4 is 5.32 Å². The molecule has 146 valence electrons. The minimum absolute atomic E-state index is 0.126. The molecule has 4 rings (SSSR count). The van der Waals surface area contributed by atoms with Crippen molar-refractivity contribution in [2.75, 3.05) is 0 Å². The molecule has 3 aromatic carbocycles. The van der Waals surface area contributed by atoms with E-state index in [0.29, 0.717) is 5.56 Å². The normalized spacial score (nSPS) is 13.2. The molecule has 1 heterocycles. The number of phenolic OH excluding ortho intramolecular Hbond substituents is 1. The van der Waals surface area contributed by atoms with E-state index in [1.165, 1.54) is 0 Å². The van der Waals surface area contributed by atoms with Crippen LogP contribution in [0.4, 0.5) is 0 Å². The van der Waals surface area contributed by atoms with Gasteiger partial charge in [-0.25, -0.2) is 0 Å². The molecule has 29 heavy (non-hydrogen) atoms. The van der Waals surface area contributed by atoms with Gasteiger partial charge in [0.25, 0.3) is 0 Å². The summed E-state index contributed by atoms with van der Waals surface area (Å²) in [6.07, 6.45) is 3.55. The maximum atomic E-state index is 13.1. The quantitative estimate of drug-likeness (QED) is 0.539. The van der Waals surface area contributed by atoms with Crippen LogP contribution in [0, 0.1) is 0 Å². The SMILES string of the molecule is CC(C(=O)NC(c1ccccc1)c1c(O)ccc2ccccc12)c1cnn(C)c1. The zero-order valence-corrected chi connectivity index (χ0v) is 16.4. The van der Waals surface area contributed by atoms with E-state index in [-0.39, 0.29) is 17.6 Å². The molecular weight excluding hydrogens is 362 g/mol. The van der Waals surface area contributed by atoms with Crippen LogP contribution in [0.2, 0.25) is 0 Å². The molecule has 0 fully saturated rings. The Morgan fingerprint density at radius 3 is 2.45 bits per heavy atom. The minimum Gasteiger partial charge on any atom is -0.508 e.